The van der Waals surface area contributed by atoms with Crippen molar-refractivity contribution in [3.63, 3.8) is 0 Å². The zero-order valence-electron chi connectivity index (χ0n) is 21.2. The molecular weight excluding hydrogens is 516 g/mol. The number of carboxylic acids is 1. The van der Waals surface area contributed by atoms with Crippen molar-refractivity contribution in [3.05, 3.63) is 29.8 Å². The normalized spacial score (nSPS) is 13.7. The Morgan fingerprint density at radius 3 is 1.95 bits per heavy atom. The number of phenols is 1. The Hall–Kier alpha value is -4.44. The van der Waals surface area contributed by atoms with Gasteiger partial charge in [-0.1, -0.05) is 12.1 Å². The molecule has 0 aliphatic rings. The summed E-state index contributed by atoms with van der Waals surface area (Å²) in [6.07, 6.45) is -0.255. The van der Waals surface area contributed by atoms with E-state index in [4.69, 9.17) is 22.9 Å². The molecule has 0 saturated carbocycles. The van der Waals surface area contributed by atoms with Crippen molar-refractivity contribution in [2.24, 2.45) is 27.9 Å². The van der Waals surface area contributed by atoms with Gasteiger partial charge in [0.2, 0.25) is 23.6 Å². The second-order valence-corrected chi connectivity index (χ2v) is 8.64. The lowest BCUT2D eigenvalue weighted by atomic mass is 10.0. The molecule has 4 unspecified atom stereocenters. The highest BCUT2D eigenvalue weighted by Gasteiger charge is 2.30. The fourth-order valence-electron chi connectivity index (χ4n) is 3.31. The van der Waals surface area contributed by atoms with Gasteiger partial charge >= 0.3 is 5.97 Å². The summed E-state index contributed by atoms with van der Waals surface area (Å²) < 4.78 is 0. The highest BCUT2D eigenvalue weighted by Crippen LogP contribution is 2.11. The van der Waals surface area contributed by atoms with Gasteiger partial charge in [-0.3, -0.25) is 24.2 Å². The van der Waals surface area contributed by atoms with Crippen molar-refractivity contribution >= 4 is 35.6 Å². The molecule has 4 amide bonds. The molecule has 0 aliphatic heterocycles. The number of nitrogens with two attached hydrogens (primary N) is 4. The molecule has 0 aromatic heterocycles. The first-order chi connectivity index (χ1) is 18.3. The Morgan fingerprint density at radius 2 is 1.41 bits per heavy atom. The van der Waals surface area contributed by atoms with Crippen molar-refractivity contribution in [2.75, 3.05) is 13.2 Å². The Bertz CT molecular complexity index is 1030. The molecular formula is C23H36N8O8. The minimum atomic E-state index is -1.57. The summed E-state index contributed by atoms with van der Waals surface area (Å²) in [6, 6.07) is 0.677. The molecule has 216 valence electrons. The number of hydrogen-bond acceptors (Lipinski definition) is 9. The number of aliphatic carboxylic acids is 1. The molecule has 0 heterocycles. The van der Waals surface area contributed by atoms with E-state index < -0.39 is 60.4 Å². The fraction of sp³-hybridized carbons (Fsp3) is 0.478. The molecule has 4 atom stereocenters. The topological polar surface area (TPSA) is 299 Å². The van der Waals surface area contributed by atoms with E-state index in [1.165, 1.54) is 12.1 Å². The van der Waals surface area contributed by atoms with Gasteiger partial charge in [0.1, 0.15) is 23.9 Å². The van der Waals surface area contributed by atoms with Gasteiger partial charge in [0.25, 0.3) is 0 Å². The first-order valence-corrected chi connectivity index (χ1v) is 12.0. The summed E-state index contributed by atoms with van der Waals surface area (Å²) in [5.74, 6) is -4.92. The van der Waals surface area contributed by atoms with Crippen molar-refractivity contribution in [1.82, 2.24) is 16.0 Å². The second-order valence-electron chi connectivity index (χ2n) is 8.64. The van der Waals surface area contributed by atoms with E-state index in [1.807, 2.05) is 0 Å². The van der Waals surface area contributed by atoms with Crippen LogP contribution in [0.4, 0.5) is 0 Å². The number of phenolic OH excluding ortho intramolecular Hbond substituents is 1. The number of guanidine groups is 1. The number of aromatic hydroxyl groups is 1. The molecule has 0 saturated heterocycles. The fourth-order valence-corrected chi connectivity index (χ4v) is 3.31. The quantitative estimate of drug-likeness (QED) is 0.0506. The molecule has 14 N–H and O–H groups in total. The predicted octanol–water partition coefficient (Wildman–Crippen LogP) is -3.89. The zero-order valence-corrected chi connectivity index (χ0v) is 21.2. The number of nitrogens with one attached hydrogen (secondary N) is 3. The van der Waals surface area contributed by atoms with Crippen LogP contribution in [-0.4, -0.2) is 88.2 Å². The molecule has 16 nitrogen and oxygen atoms in total. The summed E-state index contributed by atoms with van der Waals surface area (Å²) in [4.78, 5) is 64.4. The largest absolute Gasteiger partial charge is 0.508 e. The van der Waals surface area contributed by atoms with Crippen LogP contribution in [0.3, 0.4) is 0 Å². The van der Waals surface area contributed by atoms with Gasteiger partial charge in [0.05, 0.1) is 12.6 Å². The minimum absolute atomic E-state index is 0.0242. The Kier molecular flexibility index (Phi) is 13.7. The number of primary amides is 1. The van der Waals surface area contributed by atoms with Crippen molar-refractivity contribution in [1.29, 1.82) is 0 Å². The maximum atomic E-state index is 13.0. The van der Waals surface area contributed by atoms with Gasteiger partial charge in [-0.15, -0.1) is 0 Å². The van der Waals surface area contributed by atoms with Gasteiger partial charge in [-0.25, -0.2) is 4.79 Å². The molecule has 1 rings (SSSR count). The number of amides is 4. The van der Waals surface area contributed by atoms with Crippen molar-refractivity contribution in [3.8, 4) is 5.75 Å². The molecule has 0 fully saturated rings. The highest BCUT2D eigenvalue weighted by atomic mass is 16.4. The number of carbonyl (C=O) groups excluding carboxylic acids is 4. The van der Waals surface area contributed by atoms with E-state index in [-0.39, 0.29) is 50.4 Å². The third-order valence-corrected chi connectivity index (χ3v) is 5.42. The lowest BCUT2D eigenvalue weighted by Crippen LogP contribution is -2.58. The van der Waals surface area contributed by atoms with E-state index in [0.717, 1.165) is 0 Å². The van der Waals surface area contributed by atoms with Crippen LogP contribution < -0.4 is 38.9 Å². The maximum Gasteiger partial charge on any atom is 0.326 e. The van der Waals surface area contributed by atoms with E-state index >= 15 is 0 Å². The average Bonchev–Trinajstić information content (AvgIpc) is 2.87. The molecule has 16 heteroatoms. The van der Waals surface area contributed by atoms with Gasteiger partial charge in [-0.05, 0) is 43.4 Å². The summed E-state index contributed by atoms with van der Waals surface area (Å²) >= 11 is 0. The van der Waals surface area contributed by atoms with Crippen LogP contribution in [0.5, 0.6) is 5.75 Å². The monoisotopic (exact) mass is 552 g/mol. The Balaban J connectivity index is 2.92. The van der Waals surface area contributed by atoms with E-state index in [2.05, 4.69) is 20.9 Å². The van der Waals surface area contributed by atoms with E-state index in [1.54, 1.807) is 12.1 Å². The first-order valence-electron chi connectivity index (χ1n) is 12.0. The molecule has 0 bridgehead atoms. The Morgan fingerprint density at radius 1 is 0.846 bits per heavy atom. The van der Waals surface area contributed by atoms with Crippen LogP contribution in [0.2, 0.25) is 0 Å². The summed E-state index contributed by atoms with van der Waals surface area (Å²) in [5.41, 5.74) is 22.2. The predicted molar refractivity (Wildman–Crippen MR) is 139 cm³/mol. The first kappa shape index (κ1) is 32.6. The number of aliphatic hydroxyl groups excluding tert-OH is 1. The van der Waals surface area contributed by atoms with E-state index in [9.17, 15) is 39.3 Å². The lowest BCUT2D eigenvalue weighted by molar-refractivity contribution is -0.143. The molecule has 39 heavy (non-hydrogen) atoms. The number of nitrogens with zero attached hydrogens (tertiary/aromatic N) is 1. The minimum Gasteiger partial charge on any atom is -0.508 e. The number of aliphatic hydroxyl groups is 1. The van der Waals surface area contributed by atoms with E-state index in [0.29, 0.717) is 5.56 Å². The third-order valence-electron chi connectivity index (χ3n) is 5.42. The highest BCUT2D eigenvalue weighted by molar-refractivity contribution is 5.94. The number of aliphatic imine (C=N–C) groups is 1. The molecule has 0 radical (unpaired) electrons. The smallest absolute Gasteiger partial charge is 0.326 e. The standard InChI is InChI=1S/C23H36N8O8/c24-14(10-12-3-5-13(33)6-4-12)19(35)29-15(2-1-9-28-23(26)27)20(36)31-17(11-32)21(37)30-16(22(38)39)7-8-18(25)34/h3-6,14-17,32-33H,1-2,7-11,24H2,(H2,25,34)(H,29,35)(H,30,37)(H,31,36)(H,38,39)(H4,26,27,28). The van der Waals surface area contributed by atoms with Crippen LogP contribution in [0, 0.1) is 0 Å². The second kappa shape index (κ2) is 16.4. The van der Waals surface area contributed by atoms with Gasteiger partial charge < -0.3 is 54.2 Å². The Labute approximate surface area is 224 Å². The summed E-state index contributed by atoms with van der Waals surface area (Å²) in [7, 11) is 0. The molecule has 0 aliphatic carbocycles. The van der Waals surface area contributed by atoms with Crippen LogP contribution in [0.1, 0.15) is 31.2 Å². The average molecular weight is 553 g/mol. The van der Waals surface area contributed by atoms with Crippen molar-refractivity contribution in [2.45, 2.75) is 56.3 Å². The van der Waals surface area contributed by atoms with Crippen LogP contribution in [0.15, 0.2) is 29.3 Å². The summed E-state index contributed by atoms with van der Waals surface area (Å²) in [5, 5.41) is 35.2. The maximum absolute atomic E-state index is 13.0. The number of rotatable bonds is 17. The number of benzene rings is 1. The molecule has 1 aromatic carbocycles. The number of carbonyl (C=O) groups is 5. The van der Waals surface area contributed by atoms with Crippen molar-refractivity contribution < 1.29 is 39.3 Å². The third kappa shape index (κ3) is 12.6. The van der Waals surface area contributed by atoms with Crippen LogP contribution in [-0.2, 0) is 30.4 Å². The van der Waals surface area contributed by atoms with Crippen LogP contribution in [0.25, 0.3) is 0 Å². The summed E-state index contributed by atoms with van der Waals surface area (Å²) in [6.45, 7) is -0.764. The van der Waals surface area contributed by atoms with Gasteiger partial charge in [-0.2, -0.15) is 0 Å². The van der Waals surface area contributed by atoms with Gasteiger partial charge in [0, 0.05) is 13.0 Å². The van der Waals surface area contributed by atoms with Gasteiger partial charge in [0.15, 0.2) is 5.96 Å². The SMILES string of the molecule is NC(=O)CCC(NC(=O)C(CO)NC(=O)C(CCCN=C(N)N)NC(=O)C(N)Cc1ccc(O)cc1)C(=O)O. The molecule has 1 aromatic rings. The zero-order chi connectivity index (χ0) is 29.5. The lowest BCUT2D eigenvalue weighted by Gasteiger charge is -2.24. The molecule has 0 spiro atoms. The number of carboxylic acid groups (broad SMARTS) is 1. The number of hydrogen-bond donors (Lipinski definition) is 10. The van der Waals surface area contributed by atoms with Crippen LogP contribution >= 0.6 is 0 Å².